The van der Waals surface area contributed by atoms with Crippen LogP contribution in [-0.2, 0) is 6.61 Å². The third-order valence-electron chi connectivity index (χ3n) is 3.12. The van der Waals surface area contributed by atoms with E-state index in [2.05, 4.69) is 21.0 Å². The Kier molecular flexibility index (Phi) is 3.64. The molecule has 1 aliphatic rings. The van der Waals surface area contributed by atoms with Gasteiger partial charge in [0, 0.05) is 11.3 Å². The summed E-state index contributed by atoms with van der Waals surface area (Å²) in [7, 11) is 0. The Bertz CT molecular complexity index is 315. The number of aromatic nitrogens is 3. The molecule has 2 rings (SSSR count). The monoisotopic (exact) mass is 227 g/mol. The minimum Gasteiger partial charge on any atom is -0.388 e. The van der Waals surface area contributed by atoms with E-state index in [9.17, 15) is 0 Å². The summed E-state index contributed by atoms with van der Waals surface area (Å²) in [6.45, 7) is -0.0163. The summed E-state index contributed by atoms with van der Waals surface area (Å²) in [5.41, 5.74) is 0. The van der Waals surface area contributed by atoms with Gasteiger partial charge >= 0.3 is 0 Å². The fourth-order valence-corrected chi connectivity index (χ4v) is 3.31. The summed E-state index contributed by atoms with van der Waals surface area (Å²) in [5, 5.41) is 17.6. The molecule has 0 spiro atoms. The van der Waals surface area contributed by atoms with Gasteiger partial charge in [-0.3, -0.25) is 0 Å². The van der Waals surface area contributed by atoms with E-state index < -0.39 is 0 Å². The fourth-order valence-electron chi connectivity index (χ4n) is 2.33. The molecule has 1 heterocycles. The van der Waals surface area contributed by atoms with Gasteiger partial charge in [-0.15, -0.1) is 10.2 Å². The van der Waals surface area contributed by atoms with Crippen LogP contribution in [0.15, 0.2) is 6.33 Å². The molecule has 0 aliphatic heterocycles. The van der Waals surface area contributed by atoms with Crippen molar-refractivity contribution in [3.63, 3.8) is 0 Å². The molecule has 1 saturated carbocycles. The highest BCUT2D eigenvalue weighted by molar-refractivity contribution is 7.99. The van der Waals surface area contributed by atoms with Crippen molar-refractivity contribution in [2.75, 3.05) is 6.26 Å². The lowest BCUT2D eigenvalue weighted by atomic mass is 9.94. The average Bonchev–Trinajstić information content (AvgIpc) is 2.76. The zero-order valence-electron chi connectivity index (χ0n) is 8.96. The molecule has 1 aromatic rings. The summed E-state index contributed by atoms with van der Waals surface area (Å²) in [6.07, 6.45) is 8.94. The molecule has 0 saturated heterocycles. The zero-order valence-corrected chi connectivity index (χ0v) is 9.78. The van der Waals surface area contributed by atoms with Crippen molar-refractivity contribution in [2.45, 2.75) is 43.6 Å². The van der Waals surface area contributed by atoms with Crippen LogP contribution in [0, 0.1) is 0 Å². The quantitative estimate of drug-likeness (QED) is 0.852. The Morgan fingerprint density at radius 3 is 3.07 bits per heavy atom. The van der Waals surface area contributed by atoms with Gasteiger partial charge in [-0.25, -0.2) is 0 Å². The van der Waals surface area contributed by atoms with Gasteiger partial charge in [0.2, 0.25) is 0 Å². The van der Waals surface area contributed by atoms with Crippen LogP contribution in [0.4, 0.5) is 0 Å². The molecule has 0 amide bonds. The number of nitrogens with zero attached hydrogens (tertiary/aromatic N) is 3. The molecule has 2 unspecified atom stereocenters. The Labute approximate surface area is 94.1 Å². The highest BCUT2D eigenvalue weighted by atomic mass is 32.2. The van der Waals surface area contributed by atoms with E-state index in [1.165, 1.54) is 25.7 Å². The first-order valence-corrected chi connectivity index (χ1v) is 6.67. The molecule has 0 bridgehead atoms. The number of hydrogen-bond donors (Lipinski definition) is 1. The van der Waals surface area contributed by atoms with Crippen molar-refractivity contribution in [1.82, 2.24) is 14.8 Å². The molecule has 15 heavy (non-hydrogen) atoms. The Morgan fingerprint density at radius 2 is 2.33 bits per heavy atom. The van der Waals surface area contributed by atoms with Crippen molar-refractivity contribution in [1.29, 1.82) is 0 Å². The lowest BCUT2D eigenvalue weighted by Gasteiger charge is -2.31. The summed E-state index contributed by atoms with van der Waals surface area (Å²) in [6, 6.07) is 0.464. The number of thioether (sulfide) groups is 1. The van der Waals surface area contributed by atoms with Crippen molar-refractivity contribution in [2.24, 2.45) is 0 Å². The third kappa shape index (κ3) is 2.18. The molecular formula is C10H17N3OS. The number of rotatable bonds is 3. The summed E-state index contributed by atoms with van der Waals surface area (Å²) >= 11 is 1.91. The molecule has 4 nitrogen and oxygen atoms in total. The predicted octanol–water partition coefficient (Wildman–Crippen LogP) is 1.62. The van der Waals surface area contributed by atoms with E-state index in [1.54, 1.807) is 6.33 Å². The molecule has 1 aromatic heterocycles. The van der Waals surface area contributed by atoms with E-state index in [0.717, 1.165) is 0 Å². The van der Waals surface area contributed by atoms with E-state index in [-0.39, 0.29) is 6.61 Å². The zero-order chi connectivity index (χ0) is 10.7. The number of hydrogen-bond acceptors (Lipinski definition) is 4. The van der Waals surface area contributed by atoms with Gasteiger partial charge in [0.25, 0.3) is 0 Å². The van der Waals surface area contributed by atoms with E-state index in [1.807, 2.05) is 11.8 Å². The van der Waals surface area contributed by atoms with Crippen LogP contribution < -0.4 is 0 Å². The fraction of sp³-hybridized carbons (Fsp3) is 0.800. The number of aliphatic hydroxyl groups excluding tert-OH is 1. The Balaban J connectivity index is 2.20. The van der Waals surface area contributed by atoms with Gasteiger partial charge in [-0.2, -0.15) is 11.8 Å². The average molecular weight is 227 g/mol. The third-order valence-corrected chi connectivity index (χ3v) is 4.27. The minimum atomic E-state index is -0.0163. The van der Waals surface area contributed by atoms with Crippen molar-refractivity contribution >= 4 is 11.8 Å². The maximum atomic E-state index is 9.17. The van der Waals surface area contributed by atoms with Gasteiger partial charge in [-0.1, -0.05) is 12.8 Å². The topological polar surface area (TPSA) is 50.9 Å². The Hall–Kier alpha value is -0.550. The summed E-state index contributed by atoms with van der Waals surface area (Å²) in [5.74, 6) is 0.695. The van der Waals surface area contributed by atoms with Gasteiger partial charge in [0.05, 0.1) is 0 Å². The first-order valence-electron chi connectivity index (χ1n) is 5.39. The van der Waals surface area contributed by atoms with E-state index in [0.29, 0.717) is 17.1 Å². The first kappa shape index (κ1) is 11.0. The van der Waals surface area contributed by atoms with Gasteiger partial charge in [0.1, 0.15) is 12.9 Å². The van der Waals surface area contributed by atoms with Crippen molar-refractivity contribution < 1.29 is 5.11 Å². The second kappa shape index (κ2) is 4.99. The molecular weight excluding hydrogens is 210 g/mol. The van der Waals surface area contributed by atoms with Crippen LogP contribution in [0.25, 0.3) is 0 Å². The lowest BCUT2D eigenvalue weighted by Crippen LogP contribution is -2.26. The highest BCUT2D eigenvalue weighted by Gasteiger charge is 2.27. The van der Waals surface area contributed by atoms with E-state index >= 15 is 0 Å². The molecule has 1 fully saturated rings. The first-order chi connectivity index (χ1) is 7.36. The smallest absolute Gasteiger partial charge is 0.158 e. The molecule has 0 radical (unpaired) electrons. The lowest BCUT2D eigenvalue weighted by molar-refractivity contribution is 0.252. The van der Waals surface area contributed by atoms with Crippen LogP contribution in [0.1, 0.15) is 37.5 Å². The SMILES string of the molecule is CSC1CCCCC1n1cnnc1CO. The molecule has 2 atom stereocenters. The van der Waals surface area contributed by atoms with Crippen molar-refractivity contribution in [3.8, 4) is 0 Å². The second-order valence-electron chi connectivity index (χ2n) is 3.94. The van der Waals surface area contributed by atoms with Crippen molar-refractivity contribution in [3.05, 3.63) is 12.2 Å². The van der Waals surface area contributed by atoms with Crippen LogP contribution in [0.5, 0.6) is 0 Å². The maximum absolute atomic E-state index is 9.17. The second-order valence-corrected chi connectivity index (χ2v) is 5.02. The molecule has 5 heteroatoms. The summed E-state index contributed by atoms with van der Waals surface area (Å²) < 4.78 is 2.06. The molecule has 1 N–H and O–H groups in total. The highest BCUT2D eigenvalue weighted by Crippen LogP contribution is 2.35. The van der Waals surface area contributed by atoms with Crippen LogP contribution >= 0.6 is 11.8 Å². The van der Waals surface area contributed by atoms with Crippen LogP contribution in [-0.4, -0.2) is 31.4 Å². The maximum Gasteiger partial charge on any atom is 0.158 e. The molecule has 1 aliphatic carbocycles. The van der Waals surface area contributed by atoms with Gasteiger partial charge in [0.15, 0.2) is 5.82 Å². The van der Waals surface area contributed by atoms with Gasteiger partial charge < -0.3 is 9.67 Å². The predicted molar refractivity (Wildman–Crippen MR) is 60.8 cm³/mol. The molecule has 0 aromatic carbocycles. The van der Waals surface area contributed by atoms with Gasteiger partial charge in [-0.05, 0) is 19.1 Å². The van der Waals surface area contributed by atoms with Crippen LogP contribution in [0.2, 0.25) is 0 Å². The Morgan fingerprint density at radius 1 is 1.53 bits per heavy atom. The minimum absolute atomic E-state index is 0.0163. The largest absolute Gasteiger partial charge is 0.388 e. The molecule has 84 valence electrons. The van der Waals surface area contributed by atoms with Crippen LogP contribution in [0.3, 0.4) is 0 Å². The number of aliphatic hydroxyl groups is 1. The standard InChI is InChI=1S/C10H17N3OS/c1-15-9-5-3-2-4-8(9)13-7-11-12-10(13)6-14/h7-9,14H,2-6H2,1H3. The van der Waals surface area contributed by atoms with E-state index in [4.69, 9.17) is 5.11 Å². The summed E-state index contributed by atoms with van der Waals surface area (Å²) in [4.78, 5) is 0. The normalized spacial score (nSPS) is 26.8.